The van der Waals surface area contributed by atoms with E-state index in [1.165, 1.54) is 6.92 Å². The fourth-order valence-electron chi connectivity index (χ4n) is 2.40. The van der Waals surface area contributed by atoms with Gasteiger partial charge in [-0.2, -0.15) is 10.2 Å². The van der Waals surface area contributed by atoms with Gasteiger partial charge in [0, 0.05) is 17.5 Å². The fourth-order valence-corrected chi connectivity index (χ4v) is 2.52. The predicted molar refractivity (Wildman–Crippen MR) is 106 cm³/mol. The highest BCUT2D eigenvalue weighted by Crippen LogP contribution is 2.20. The zero-order valence-electron chi connectivity index (χ0n) is 15.2. The van der Waals surface area contributed by atoms with Crippen LogP contribution in [0.15, 0.2) is 59.7 Å². The lowest BCUT2D eigenvalue weighted by atomic mass is 10.1. The van der Waals surface area contributed by atoms with Crippen molar-refractivity contribution in [3.63, 3.8) is 0 Å². The first-order chi connectivity index (χ1) is 13.4. The standard InChI is InChI=1S/C20H17ClN4O3/c1-12(14-5-9-17(10-6-14)28-13(2)26)22-25-20(27)19-11-18(23-24-19)15-3-7-16(21)8-4-15/h3-11H,1-2H3,(H,23,24)(H,25,27)/b22-12+. The van der Waals surface area contributed by atoms with E-state index in [4.69, 9.17) is 16.3 Å². The highest BCUT2D eigenvalue weighted by atomic mass is 35.5. The first-order valence-corrected chi connectivity index (χ1v) is 8.75. The number of halogens is 1. The van der Waals surface area contributed by atoms with Crippen molar-refractivity contribution in [2.75, 3.05) is 0 Å². The monoisotopic (exact) mass is 396 g/mol. The van der Waals surface area contributed by atoms with E-state index in [0.717, 1.165) is 11.1 Å². The van der Waals surface area contributed by atoms with Crippen LogP contribution >= 0.6 is 11.6 Å². The number of aromatic nitrogens is 2. The average molecular weight is 397 g/mol. The van der Waals surface area contributed by atoms with Gasteiger partial charge in [0.1, 0.15) is 11.4 Å². The molecule has 1 aromatic heterocycles. The molecule has 0 unspecified atom stereocenters. The second-order valence-electron chi connectivity index (χ2n) is 5.93. The van der Waals surface area contributed by atoms with Crippen molar-refractivity contribution in [1.29, 1.82) is 0 Å². The quantitative estimate of drug-likeness (QED) is 0.296. The summed E-state index contributed by atoms with van der Waals surface area (Å²) in [6, 6.07) is 15.6. The lowest BCUT2D eigenvalue weighted by Gasteiger charge is -2.04. The van der Waals surface area contributed by atoms with E-state index >= 15 is 0 Å². The lowest BCUT2D eigenvalue weighted by molar-refractivity contribution is -0.131. The maximum absolute atomic E-state index is 12.3. The summed E-state index contributed by atoms with van der Waals surface area (Å²) in [5, 5.41) is 11.6. The van der Waals surface area contributed by atoms with Gasteiger partial charge in [0.2, 0.25) is 0 Å². The number of nitrogens with zero attached hydrogens (tertiary/aromatic N) is 2. The number of H-pyrrole nitrogens is 1. The van der Waals surface area contributed by atoms with Crippen molar-refractivity contribution in [3.05, 3.63) is 70.9 Å². The largest absolute Gasteiger partial charge is 0.427 e. The number of benzene rings is 2. The minimum absolute atomic E-state index is 0.284. The van der Waals surface area contributed by atoms with Crippen LogP contribution in [0.4, 0.5) is 0 Å². The summed E-state index contributed by atoms with van der Waals surface area (Å²) in [5.74, 6) is -0.355. The molecule has 2 aromatic carbocycles. The van der Waals surface area contributed by atoms with Gasteiger partial charge < -0.3 is 4.74 Å². The van der Waals surface area contributed by atoms with Gasteiger partial charge in [-0.15, -0.1) is 0 Å². The van der Waals surface area contributed by atoms with Crippen LogP contribution in [-0.4, -0.2) is 27.8 Å². The van der Waals surface area contributed by atoms with Crippen molar-refractivity contribution in [2.24, 2.45) is 5.10 Å². The van der Waals surface area contributed by atoms with Crippen LogP contribution in [-0.2, 0) is 4.79 Å². The highest BCUT2D eigenvalue weighted by molar-refractivity contribution is 6.30. The molecule has 0 saturated carbocycles. The van der Waals surface area contributed by atoms with E-state index in [9.17, 15) is 9.59 Å². The van der Waals surface area contributed by atoms with Gasteiger partial charge in [-0.05, 0) is 55.0 Å². The summed E-state index contributed by atoms with van der Waals surface area (Å²) >= 11 is 5.88. The Hall–Kier alpha value is -3.45. The molecule has 0 bridgehead atoms. The zero-order chi connectivity index (χ0) is 20.1. The molecule has 1 amide bonds. The Bertz CT molecular complexity index is 1020. The molecule has 3 rings (SSSR count). The molecule has 0 fully saturated rings. The number of hydrazone groups is 1. The Kier molecular flexibility index (Phi) is 5.86. The number of rotatable bonds is 5. The summed E-state index contributed by atoms with van der Waals surface area (Å²) in [6.45, 7) is 3.09. The van der Waals surface area contributed by atoms with Crippen molar-refractivity contribution in [1.82, 2.24) is 15.6 Å². The van der Waals surface area contributed by atoms with Crippen LogP contribution in [0.5, 0.6) is 5.75 Å². The number of amides is 1. The molecular weight excluding hydrogens is 380 g/mol. The van der Waals surface area contributed by atoms with Crippen LogP contribution in [0.2, 0.25) is 5.02 Å². The van der Waals surface area contributed by atoms with E-state index in [2.05, 4.69) is 20.7 Å². The van der Waals surface area contributed by atoms with Crippen LogP contribution in [0.1, 0.15) is 29.9 Å². The van der Waals surface area contributed by atoms with Gasteiger partial charge in [0.05, 0.1) is 11.4 Å². The molecule has 1 heterocycles. The second kappa shape index (κ2) is 8.49. The Morgan fingerprint density at radius 2 is 1.75 bits per heavy atom. The number of nitrogens with one attached hydrogen (secondary N) is 2. The number of ether oxygens (including phenoxy) is 1. The Balaban J connectivity index is 1.66. The number of aromatic amines is 1. The maximum Gasteiger partial charge on any atom is 0.308 e. The first kappa shape index (κ1) is 19.3. The van der Waals surface area contributed by atoms with Crippen molar-refractivity contribution >= 4 is 29.2 Å². The van der Waals surface area contributed by atoms with E-state index < -0.39 is 5.91 Å². The summed E-state index contributed by atoms with van der Waals surface area (Å²) in [4.78, 5) is 23.2. The third-order valence-corrected chi connectivity index (χ3v) is 4.07. The normalized spacial score (nSPS) is 11.2. The van der Waals surface area contributed by atoms with Crippen molar-refractivity contribution < 1.29 is 14.3 Å². The molecule has 0 aliphatic rings. The molecule has 0 radical (unpaired) electrons. The molecule has 0 atom stereocenters. The Morgan fingerprint density at radius 3 is 2.39 bits per heavy atom. The smallest absolute Gasteiger partial charge is 0.308 e. The number of esters is 1. The van der Waals surface area contributed by atoms with Gasteiger partial charge >= 0.3 is 5.97 Å². The molecule has 3 aromatic rings. The molecule has 8 heteroatoms. The van der Waals surface area contributed by atoms with E-state index in [1.54, 1.807) is 49.4 Å². The van der Waals surface area contributed by atoms with E-state index in [1.807, 2.05) is 12.1 Å². The molecule has 142 valence electrons. The Morgan fingerprint density at radius 1 is 1.07 bits per heavy atom. The van der Waals surface area contributed by atoms with Gasteiger partial charge in [0.15, 0.2) is 0 Å². The molecule has 0 saturated heterocycles. The first-order valence-electron chi connectivity index (χ1n) is 8.37. The van der Waals surface area contributed by atoms with Gasteiger partial charge in [-0.1, -0.05) is 23.7 Å². The molecule has 28 heavy (non-hydrogen) atoms. The van der Waals surface area contributed by atoms with E-state index in [-0.39, 0.29) is 11.7 Å². The van der Waals surface area contributed by atoms with Gasteiger partial charge in [0.25, 0.3) is 5.91 Å². The number of hydrogen-bond donors (Lipinski definition) is 2. The number of carbonyl (C=O) groups is 2. The van der Waals surface area contributed by atoms with Crippen molar-refractivity contribution in [2.45, 2.75) is 13.8 Å². The molecular formula is C20H17ClN4O3. The third-order valence-electron chi connectivity index (χ3n) is 3.82. The molecule has 2 N–H and O–H groups in total. The molecule has 0 aliphatic heterocycles. The van der Waals surface area contributed by atoms with Crippen LogP contribution < -0.4 is 10.2 Å². The van der Waals surface area contributed by atoms with E-state index in [0.29, 0.717) is 22.2 Å². The summed E-state index contributed by atoms with van der Waals surface area (Å²) in [5.41, 5.74) is 5.62. The Labute approximate surface area is 166 Å². The molecule has 0 spiro atoms. The van der Waals surface area contributed by atoms with Gasteiger partial charge in [-0.25, -0.2) is 5.43 Å². The molecule has 0 aliphatic carbocycles. The maximum atomic E-state index is 12.3. The minimum Gasteiger partial charge on any atom is -0.427 e. The minimum atomic E-state index is -0.413. The van der Waals surface area contributed by atoms with Gasteiger partial charge in [-0.3, -0.25) is 14.7 Å². The number of carbonyl (C=O) groups excluding carboxylic acids is 2. The topological polar surface area (TPSA) is 96.4 Å². The average Bonchev–Trinajstić information content (AvgIpc) is 3.17. The van der Waals surface area contributed by atoms with Crippen LogP contribution in [0, 0.1) is 0 Å². The summed E-state index contributed by atoms with van der Waals surface area (Å²) in [6.07, 6.45) is 0. The molecule has 7 nitrogen and oxygen atoms in total. The number of hydrogen-bond acceptors (Lipinski definition) is 5. The van der Waals surface area contributed by atoms with Crippen LogP contribution in [0.25, 0.3) is 11.3 Å². The highest BCUT2D eigenvalue weighted by Gasteiger charge is 2.11. The zero-order valence-corrected chi connectivity index (χ0v) is 15.9. The fraction of sp³-hybridized carbons (Fsp3) is 0.100. The van der Waals surface area contributed by atoms with Crippen LogP contribution in [0.3, 0.4) is 0 Å². The van der Waals surface area contributed by atoms with Crippen molar-refractivity contribution in [3.8, 4) is 17.0 Å². The summed E-state index contributed by atoms with van der Waals surface area (Å²) < 4.78 is 4.98. The second-order valence-corrected chi connectivity index (χ2v) is 6.37. The third kappa shape index (κ3) is 4.83. The predicted octanol–water partition coefficient (Wildman–Crippen LogP) is 3.81. The summed E-state index contributed by atoms with van der Waals surface area (Å²) in [7, 11) is 0. The lowest BCUT2D eigenvalue weighted by Crippen LogP contribution is -2.19. The SMILES string of the molecule is CC(=O)Oc1ccc(/C(C)=N/NC(=O)c2cc(-c3ccc(Cl)cc3)n[nH]2)cc1.